The van der Waals surface area contributed by atoms with Crippen molar-refractivity contribution in [1.82, 2.24) is 0 Å². The molecule has 5 heteroatoms. The van der Waals surface area contributed by atoms with E-state index in [2.05, 4.69) is 0 Å². The van der Waals surface area contributed by atoms with E-state index in [0.29, 0.717) is 25.7 Å². The van der Waals surface area contributed by atoms with Gasteiger partial charge in [-0.15, -0.1) is 0 Å². The van der Waals surface area contributed by atoms with Gasteiger partial charge in [0.25, 0.3) is 0 Å². The van der Waals surface area contributed by atoms with E-state index >= 15 is 0 Å². The highest BCUT2D eigenvalue weighted by Gasteiger charge is 2.41. The SMILES string of the molecule is C[C@H]1CCC[C@@](C)(O)CCCCC(=O)CC(O)C(C)(C)C(=O)[C@H](C)[C@H]1O. The van der Waals surface area contributed by atoms with E-state index in [0.717, 1.165) is 19.3 Å². The Morgan fingerprint density at radius 1 is 0.962 bits per heavy atom. The largest absolute Gasteiger partial charge is 0.392 e. The molecule has 5 nitrogen and oxygen atoms in total. The van der Waals surface area contributed by atoms with Crippen molar-refractivity contribution in [2.75, 3.05) is 0 Å². The average Bonchev–Trinajstić information content (AvgIpc) is 2.55. The summed E-state index contributed by atoms with van der Waals surface area (Å²) in [5, 5.41) is 31.5. The van der Waals surface area contributed by atoms with Crippen LogP contribution in [-0.2, 0) is 9.59 Å². The van der Waals surface area contributed by atoms with Crippen LogP contribution in [0.4, 0.5) is 0 Å². The topological polar surface area (TPSA) is 94.8 Å². The van der Waals surface area contributed by atoms with Crippen LogP contribution in [0.25, 0.3) is 0 Å². The third kappa shape index (κ3) is 6.43. The van der Waals surface area contributed by atoms with Gasteiger partial charge in [0.1, 0.15) is 11.6 Å². The summed E-state index contributed by atoms with van der Waals surface area (Å²) in [6, 6.07) is 0. The molecule has 3 N–H and O–H groups in total. The maximum atomic E-state index is 12.9. The minimum absolute atomic E-state index is 0.0481. The standard InChI is InChI=1S/C21H38O5/c1-14-9-8-12-21(5,26)11-7-6-10-16(22)13-17(23)20(3,4)19(25)15(2)18(14)24/h14-15,17-18,23-24,26H,6-13H2,1-5H3/t14-,15+,17?,18-,21-/m0/s1. The van der Waals surface area contributed by atoms with E-state index in [1.165, 1.54) is 0 Å². The second kappa shape index (κ2) is 9.43. The molecule has 0 heterocycles. The van der Waals surface area contributed by atoms with Gasteiger partial charge in [0.2, 0.25) is 0 Å². The van der Waals surface area contributed by atoms with Gasteiger partial charge in [-0.1, -0.05) is 40.5 Å². The molecule has 26 heavy (non-hydrogen) atoms. The molecule has 0 radical (unpaired) electrons. The van der Waals surface area contributed by atoms with Crippen molar-refractivity contribution in [2.24, 2.45) is 17.3 Å². The summed E-state index contributed by atoms with van der Waals surface area (Å²) in [6.07, 6.45) is 2.68. The molecule has 1 unspecified atom stereocenters. The first-order chi connectivity index (χ1) is 11.9. The fourth-order valence-electron chi connectivity index (χ4n) is 3.90. The fourth-order valence-corrected chi connectivity index (χ4v) is 3.90. The predicted molar refractivity (Wildman–Crippen MR) is 102 cm³/mol. The third-order valence-electron chi connectivity index (χ3n) is 6.19. The minimum Gasteiger partial charge on any atom is -0.392 e. The monoisotopic (exact) mass is 370 g/mol. The van der Waals surface area contributed by atoms with Gasteiger partial charge >= 0.3 is 0 Å². The van der Waals surface area contributed by atoms with Crippen LogP contribution in [-0.4, -0.2) is 44.7 Å². The lowest BCUT2D eigenvalue weighted by atomic mass is 9.72. The van der Waals surface area contributed by atoms with Gasteiger partial charge in [-0.25, -0.2) is 0 Å². The number of aliphatic hydroxyl groups is 3. The van der Waals surface area contributed by atoms with Crippen LogP contribution >= 0.6 is 0 Å². The molecule has 0 aromatic rings. The van der Waals surface area contributed by atoms with E-state index in [1.54, 1.807) is 20.8 Å². The van der Waals surface area contributed by atoms with E-state index in [9.17, 15) is 24.9 Å². The summed E-state index contributed by atoms with van der Waals surface area (Å²) >= 11 is 0. The molecule has 1 rings (SSSR count). The Hall–Kier alpha value is -0.780. The first-order valence-corrected chi connectivity index (χ1v) is 10.0. The number of aliphatic hydroxyl groups excluding tert-OH is 2. The molecule has 0 saturated heterocycles. The molecular weight excluding hydrogens is 332 g/mol. The van der Waals surface area contributed by atoms with Crippen molar-refractivity contribution >= 4 is 11.6 Å². The lowest BCUT2D eigenvalue weighted by molar-refractivity contribution is -0.143. The number of ketones is 2. The van der Waals surface area contributed by atoms with Crippen LogP contribution in [0.2, 0.25) is 0 Å². The Labute approximate surface area is 158 Å². The number of Topliss-reactive ketones (excluding diaryl/α,β-unsaturated/α-hetero) is 2. The Kier molecular flexibility index (Phi) is 8.43. The van der Waals surface area contributed by atoms with Crippen molar-refractivity contribution in [3.05, 3.63) is 0 Å². The summed E-state index contributed by atoms with van der Waals surface area (Å²) in [7, 11) is 0. The summed E-state index contributed by atoms with van der Waals surface area (Å²) in [5.74, 6) is -0.965. The Balaban J connectivity index is 2.95. The highest BCUT2D eigenvalue weighted by molar-refractivity contribution is 5.88. The lowest BCUT2D eigenvalue weighted by Crippen LogP contribution is -2.45. The molecular formula is C21H38O5. The molecule has 1 saturated carbocycles. The van der Waals surface area contributed by atoms with Gasteiger partial charge in [0, 0.05) is 18.8 Å². The number of carbonyl (C=O) groups excluding carboxylic acids is 2. The molecule has 1 aliphatic carbocycles. The molecule has 0 aliphatic heterocycles. The molecule has 0 amide bonds. The van der Waals surface area contributed by atoms with Crippen LogP contribution in [0.3, 0.4) is 0 Å². The van der Waals surface area contributed by atoms with E-state index in [4.69, 9.17) is 0 Å². The second-order valence-corrected chi connectivity index (χ2v) is 9.20. The Morgan fingerprint density at radius 2 is 1.54 bits per heavy atom. The van der Waals surface area contributed by atoms with Crippen LogP contribution < -0.4 is 0 Å². The smallest absolute Gasteiger partial charge is 0.146 e. The first-order valence-electron chi connectivity index (χ1n) is 10.0. The van der Waals surface area contributed by atoms with Crippen molar-refractivity contribution in [2.45, 2.75) is 104 Å². The highest BCUT2D eigenvalue weighted by atomic mass is 16.3. The minimum atomic E-state index is -1.07. The second-order valence-electron chi connectivity index (χ2n) is 9.20. The van der Waals surface area contributed by atoms with Crippen LogP contribution in [0.1, 0.15) is 86.0 Å². The molecule has 152 valence electrons. The highest BCUT2D eigenvalue weighted by Crippen LogP contribution is 2.32. The summed E-state index contributed by atoms with van der Waals surface area (Å²) in [6.45, 7) is 8.73. The van der Waals surface area contributed by atoms with Gasteiger partial charge in [-0.2, -0.15) is 0 Å². The molecule has 5 atom stereocenters. The lowest BCUT2D eigenvalue weighted by Gasteiger charge is -2.34. The quantitative estimate of drug-likeness (QED) is 0.609. The van der Waals surface area contributed by atoms with Crippen molar-refractivity contribution < 1.29 is 24.9 Å². The summed E-state index contributed by atoms with van der Waals surface area (Å²) in [4.78, 5) is 25.0. The van der Waals surface area contributed by atoms with Crippen molar-refractivity contribution in [3.8, 4) is 0 Å². The van der Waals surface area contributed by atoms with E-state index in [1.807, 2.05) is 13.8 Å². The average molecular weight is 371 g/mol. The maximum Gasteiger partial charge on any atom is 0.146 e. The van der Waals surface area contributed by atoms with Crippen molar-refractivity contribution in [3.63, 3.8) is 0 Å². The number of hydrogen-bond donors (Lipinski definition) is 3. The van der Waals surface area contributed by atoms with Crippen molar-refractivity contribution in [1.29, 1.82) is 0 Å². The van der Waals surface area contributed by atoms with Crippen LogP contribution in [0.5, 0.6) is 0 Å². The third-order valence-corrected chi connectivity index (χ3v) is 6.19. The number of carbonyl (C=O) groups is 2. The first kappa shape index (κ1) is 23.3. The van der Waals surface area contributed by atoms with Gasteiger partial charge in [-0.05, 0) is 38.5 Å². The molecule has 0 aromatic heterocycles. The number of hydrogen-bond acceptors (Lipinski definition) is 5. The fraction of sp³-hybridized carbons (Fsp3) is 0.905. The molecule has 0 aromatic carbocycles. The molecule has 1 aliphatic rings. The maximum absolute atomic E-state index is 12.9. The van der Waals surface area contributed by atoms with Gasteiger partial charge in [-0.3, -0.25) is 9.59 Å². The van der Waals surface area contributed by atoms with Crippen LogP contribution in [0.15, 0.2) is 0 Å². The number of rotatable bonds is 0. The van der Waals surface area contributed by atoms with Gasteiger partial charge < -0.3 is 15.3 Å². The zero-order chi connectivity index (χ0) is 20.1. The van der Waals surface area contributed by atoms with Crippen LogP contribution in [0, 0.1) is 17.3 Å². The molecule has 0 spiro atoms. The predicted octanol–water partition coefficient (Wildman–Crippen LogP) is 3.03. The zero-order valence-corrected chi connectivity index (χ0v) is 17.1. The van der Waals surface area contributed by atoms with E-state index in [-0.39, 0.29) is 23.9 Å². The van der Waals surface area contributed by atoms with Gasteiger partial charge in [0.05, 0.1) is 23.2 Å². The Morgan fingerprint density at radius 3 is 2.15 bits per heavy atom. The molecule has 1 fully saturated rings. The molecule has 0 bridgehead atoms. The summed E-state index contributed by atoms with van der Waals surface area (Å²) in [5.41, 5.74) is -1.84. The normalized spacial score (nSPS) is 38.9. The Bertz CT molecular complexity index is 483. The zero-order valence-electron chi connectivity index (χ0n) is 17.1. The van der Waals surface area contributed by atoms with E-state index < -0.39 is 29.1 Å². The summed E-state index contributed by atoms with van der Waals surface area (Å²) < 4.78 is 0. The van der Waals surface area contributed by atoms with Gasteiger partial charge in [0.15, 0.2) is 0 Å².